The number of aryl methyl sites for hydroxylation is 1. The third-order valence-corrected chi connectivity index (χ3v) is 1.86. The molecule has 0 aliphatic rings. The molecule has 2 aromatic rings. The van der Waals surface area contributed by atoms with Gasteiger partial charge in [-0.05, 0) is 0 Å². The van der Waals surface area contributed by atoms with Gasteiger partial charge in [-0.2, -0.15) is 5.10 Å². The summed E-state index contributed by atoms with van der Waals surface area (Å²) >= 11 is 0. The molecule has 1 N–H and O–H groups in total. The van der Waals surface area contributed by atoms with E-state index in [1.807, 2.05) is 13.2 Å². The van der Waals surface area contributed by atoms with Crippen molar-refractivity contribution in [1.82, 2.24) is 24.8 Å². The van der Waals surface area contributed by atoms with Gasteiger partial charge in [-0.25, -0.2) is 9.48 Å². The van der Waals surface area contributed by atoms with Crippen molar-refractivity contribution in [1.29, 1.82) is 0 Å². The normalized spacial score (nSPS) is 10.5. The van der Waals surface area contributed by atoms with E-state index < -0.39 is 5.97 Å². The van der Waals surface area contributed by atoms with Crippen LogP contribution in [0.25, 0.3) is 0 Å². The van der Waals surface area contributed by atoms with Gasteiger partial charge >= 0.3 is 5.97 Å². The molecule has 0 aromatic carbocycles. The van der Waals surface area contributed by atoms with Crippen molar-refractivity contribution >= 4 is 5.97 Å². The number of carbonyl (C=O) groups is 1. The first-order chi connectivity index (χ1) is 7.15. The Hall–Kier alpha value is -2.18. The number of rotatable bonds is 3. The number of hydrogen-bond acceptors (Lipinski definition) is 4. The Balaban J connectivity index is 2.14. The van der Waals surface area contributed by atoms with Gasteiger partial charge in [0.05, 0.1) is 18.9 Å². The van der Waals surface area contributed by atoms with E-state index >= 15 is 0 Å². The quantitative estimate of drug-likeness (QED) is 0.750. The van der Waals surface area contributed by atoms with E-state index in [9.17, 15) is 4.79 Å². The van der Waals surface area contributed by atoms with Crippen LogP contribution in [0.5, 0.6) is 0 Å². The van der Waals surface area contributed by atoms with Crippen molar-refractivity contribution in [3.8, 4) is 0 Å². The highest BCUT2D eigenvalue weighted by Crippen LogP contribution is 2.00. The number of nitrogens with zero attached hydrogens (tertiary/aromatic N) is 5. The molecule has 15 heavy (non-hydrogen) atoms. The van der Waals surface area contributed by atoms with E-state index in [2.05, 4.69) is 15.4 Å². The monoisotopic (exact) mass is 207 g/mol. The highest BCUT2D eigenvalue weighted by molar-refractivity contribution is 5.84. The Morgan fingerprint density at radius 2 is 2.33 bits per heavy atom. The zero-order valence-corrected chi connectivity index (χ0v) is 8.03. The Kier molecular flexibility index (Phi) is 2.20. The van der Waals surface area contributed by atoms with Gasteiger partial charge in [0.1, 0.15) is 0 Å². The summed E-state index contributed by atoms with van der Waals surface area (Å²) in [5.41, 5.74) is 0.887. The third-order valence-electron chi connectivity index (χ3n) is 1.86. The van der Waals surface area contributed by atoms with Crippen molar-refractivity contribution in [2.45, 2.75) is 6.54 Å². The van der Waals surface area contributed by atoms with Crippen molar-refractivity contribution in [3.05, 3.63) is 29.8 Å². The van der Waals surface area contributed by atoms with Crippen LogP contribution in [-0.2, 0) is 13.6 Å². The van der Waals surface area contributed by atoms with Gasteiger partial charge in [0.25, 0.3) is 0 Å². The first kappa shape index (κ1) is 9.38. The molecule has 0 unspecified atom stereocenters. The maximum atomic E-state index is 10.5. The van der Waals surface area contributed by atoms with Gasteiger partial charge in [-0.3, -0.25) is 4.68 Å². The van der Waals surface area contributed by atoms with Crippen molar-refractivity contribution in [2.24, 2.45) is 7.05 Å². The number of carboxylic acids is 1. The van der Waals surface area contributed by atoms with Crippen LogP contribution < -0.4 is 0 Å². The van der Waals surface area contributed by atoms with Crippen LogP contribution in [0, 0.1) is 0 Å². The minimum absolute atomic E-state index is 0.0566. The van der Waals surface area contributed by atoms with E-state index in [1.54, 1.807) is 10.9 Å². The fourth-order valence-electron chi connectivity index (χ4n) is 1.21. The fraction of sp³-hybridized carbons (Fsp3) is 0.250. The molecule has 0 saturated heterocycles. The predicted molar refractivity (Wildman–Crippen MR) is 49.3 cm³/mol. The van der Waals surface area contributed by atoms with Crippen LogP contribution in [0.1, 0.15) is 16.1 Å². The molecule has 0 atom stereocenters. The molecule has 7 nitrogen and oxygen atoms in total. The van der Waals surface area contributed by atoms with Gasteiger partial charge in [-0.1, -0.05) is 5.21 Å². The highest BCUT2D eigenvalue weighted by Gasteiger charge is 2.08. The summed E-state index contributed by atoms with van der Waals surface area (Å²) in [6, 6.07) is 0. The Bertz CT molecular complexity index is 487. The second kappa shape index (κ2) is 3.52. The van der Waals surface area contributed by atoms with Crippen LogP contribution >= 0.6 is 0 Å². The van der Waals surface area contributed by atoms with Crippen molar-refractivity contribution < 1.29 is 9.90 Å². The smallest absolute Gasteiger partial charge is 0.358 e. The van der Waals surface area contributed by atoms with Gasteiger partial charge in [-0.15, -0.1) is 5.10 Å². The van der Waals surface area contributed by atoms with Crippen LogP contribution in [0.2, 0.25) is 0 Å². The lowest BCUT2D eigenvalue weighted by atomic mass is 10.3. The van der Waals surface area contributed by atoms with Gasteiger partial charge in [0.2, 0.25) is 0 Å². The fourth-order valence-corrected chi connectivity index (χ4v) is 1.21. The summed E-state index contributed by atoms with van der Waals surface area (Å²) < 4.78 is 3.13. The molecule has 7 heteroatoms. The first-order valence-corrected chi connectivity index (χ1v) is 4.26. The zero-order chi connectivity index (χ0) is 10.8. The van der Waals surface area contributed by atoms with E-state index in [0.29, 0.717) is 6.54 Å². The molecular weight excluding hydrogens is 198 g/mol. The van der Waals surface area contributed by atoms with E-state index in [0.717, 1.165) is 5.56 Å². The highest BCUT2D eigenvalue weighted by atomic mass is 16.4. The second-order valence-electron chi connectivity index (χ2n) is 3.13. The van der Waals surface area contributed by atoms with E-state index in [-0.39, 0.29) is 5.69 Å². The Morgan fingerprint density at radius 3 is 2.87 bits per heavy atom. The number of aromatic nitrogens is 5. The van der Waals surface area contributed by atoms with E-state index in [1.165, 1.54) is 10.9 Å². The molecule has 78 valence electrons. The number of aromatic carboxylic acids is 1. The number of carboxylic acid groups (broad SMARTS) is 1. The summed E-state index contributed by atoms with van der Waals surface area (Å²) in [6.07, 6.45) is 4.92. The molecule has 0 spiro atoms. The summed E-state index contributed by atoms with van der Waals surface area (Å²) in [6.45, 7) is 0.466. The topological polar surface area (TPSA) is 85.8 Å². The van der Waals surface area contributed by atoms with Crippen LogP contribution in [0.3, 0.4) is 0 Å². The van der Waals surface area contributed by atoms with Crippen molar-refractivity contribution in [3.63, 3.8) is 0 Å². The zero-order valence-electron chi connectivity index (χ0n) is 8.03. The summed E-state index contributed by atoms with van der Waals surface area (Å²) in [5.74, 6) is -1.08. The average molecular weight is 207 g/mol. The SMILES string of the molecule is Cn1cc(Cn2cc(C(=O)O)nn2)cn1. The van der Waals surface area contributed by atoms with Crippen LogP contribution in [-0.4, -0.2) is 35.9 Å². The molecule has 0 fully saturated rings. The second-order valence-corrected chi connectivity index (χ2v) is 3.13. The van der Waals surface area contributed by atoms with E-state index in [4.69, 9.17) is 5.11 Å². The lowest BCUT2D eigenvalue weighted by Gasteiger charge is -1.94. The molecule has 0 radical (unpaired) electrons. The minimum atomic E-state index is -1.08. The molecule has 0 aliphatic heterocycles. The summed E-state index contributed by atoms with van der Waals surface area (Å²) in [7, 11) is 1.81. The Labute approximate surface area is 84.9 Å². The van der Waals surface area contributed by atoms with Crippen LogP contribution in [0.15, 0.2) is 18.6 Å². The average Bonchev–Trinajstić information content (AvgIpc) is 2.76. The lowest BCUT2D eigenvalue weighted by molar-refractivity contribution is 0.0690. The molecule has 0 aliphatic carbocycles. The van der Waals surface area contributed by atoms with Crippen LogP contribution in [0.4, 0.5) is 0 Å². The molecular formula is C8H9N5O2. The maximum absolute atomic E-state index is 10.5. The third kappa shape index (κ3) is 2.01. The molecule has 0 amide bonds. The molecule has 2 heterocycles. The predicted octanol–water partition coefficient (Wildman–Crippen LogP) is -0.242. The molecule has 2 rings (SSSR count). The van der Waals surface area contributed by atoms with Gasteiger partial charge in [0.15, 0.2) is 5.69 Å². The molecule has 0 bridgehead atoms. The van der Waals surface area contributed by atoms with Gasteiger partial charge in [0, 0.05) is 18.8 Å². The number of hydrogen-bond donors (Lipinski definition) is 1. The maximum Gasteiger partial charge on any atom is 0.358 e. The summed E-state index contributed by atoms with van der Waals surface area (Å²) in [5, 5.41) is 19.8. The molecule has 0 saturated carbocycles. The largest absolute Gasteiger partial charge is 0.476 e. The standard InChI is InChI=1S/C8H9N5O2/c1-12-3-6(2-9-12)4-13-5-7(8(14)15)10-11-13/h2-3,5H,4H2,1H3,(H,14,15). The molecule has 2 aromatic heterocycles. The minimum Gasteiger partial charge on any atom is -0.476 e. The van der Waals surface area contributed by atoms with Gasteiger partial charge < -0.3 is 5.11 Å². The summed E-state index contributed by atoms with van der Waals surface area (Å²) in [4.78, 5) is 10.5. The lowest BCUT2D eigenvalue weighted by Crippen LogP contribution is -1.99. The van der Waals surface area contributed by atoms with Crippen molar-refractivity contribution in [2.75, 3.05) is 0 Å². The Morgan fingerprint density at radius 1 is 1.53 bits per heavy atom. The first-order valence-electron chi connectivity index (χ1n) is 4.26.